The third-order valence-electron chi connectivity index (χ3n) is 3.93. The Bertz CT molecular complexity index is 522. The van der Waals surface area contributed by atoms with Crippen LogP contribution in [-0.2, 0) is 0 Å². The molecule has 1 aromatic heterocycles. The van der Waals surface area contributed by atoms with Crippen LogP contribution in [0.1, 0.15) is 63.5 Å². The second-order valence-corrected chi connectivity index (χ2v) is 5.62. The summed E-state index contributed by atoms with van der Waals surface area (Å²) in [5.41, 5.74) is 8.56. The van der Waals surface area contributed by atoms with Crippen LogP contribution in [0.25, 0.3) is 10.9 Å². The van der Waals surface area contributed by atoms with Gasteiger partial charge in [0.15, 0.2) is 0 Å². The molecule has 0 saturated carbocycles. The highest BCUT2D eigenvalue weighted by atomic mass is 14.7. The smallest absolute Gasteiger partial charge is 0.0705 e. The molecule has 108 valence electrons. The molecule has 2 N–H and O–H groups in total. The Kier molecular flexibility index (Phi) is 6.00. The molecule has 2 aromatic rings. The molecule has 1 aromatic carbocycles. The summed E-state index contributed by atoms with van der Waals surface area (Å²) in [6, 6.07) is 10.6. The standard InChI is InChI=1S/C18H26N2/c1-2-3-4-5-6-7-10-17(19)16-12-11-15-9-8-13-20-18(15)14-16/h8-9,11-14,17H,2-7,10,19H2,1H3. The van der Waals surface area contributed by atoms with Crippen molar-refractivity contribution in [3.63, 3.8) is 0 Å². The molecule has 2 heteroatoms. The van der Waals surface area contributed by atoms with E-state index in [1.54, 1.807) is 0 Å². The molecular formula is C18H26N2. The highest BCUT2D eigenvalue weighted by molar-refractivity contribution is 5.78. The van der Waals surface area contributed by atoms with Crippen molar-refractivity contribution in [3.8, 4) is 0 Å². The van der Waals surface area contributed by atoms with E-state index in [-0.39, 0.29) is 6.04 Å². The number of aromatic nitrogens is 1. The van der Waals surface area contributed by atoms with Gasteiger partial charge in [-0.2, -0.15) is 0 Å². The van der Waals surface area contributed by atoms with E-state index in [1.807, 2.05) is 12.3 Å². The first kappa shape index (κ1) is 15.0. The van der Waals surface area contributed by atoms with Gasteiger partial charge in [0.25, 0.3) is 0 Å². The normalized spacial score (nSPS) is 12.7. The molecule has 0 bridgehead atoms. The molecule has 1 unspecified atom stereocenters. The fraction of sp³-hybridized carbons (Fsp3) is 0.500. The first-order chi connectivity index (χ1) is 9.81. The van der Waals surface area contributed by atoms with Gasteiger partial charge in [-0.05, 0) is 24.1 Å². The topological polar surface area (TPSA) is 38.9 Å². The minimum Gasteiger partial charge on any atom is -0.324 e. The minimum absolute atomic E-state index is 0.146. The Balaban J connectivity index is 1.83. The summed E-state index contributed by atoms with van der Waals surface area (Å²) in [5.74, 6) is 0. The molecule has 0 aliphatic carbocycles. The van der Waals surface area contributed by atoms with Crippen molar-refractivity contribution in [2.75, 3.05) is 0 Å². The van der Waals surface area contributed by atoms with Crippen molar-refractivity contribution in [2.24, 2.45) is 5.73 Å². The van der Waals surface area contributed by atoms with Gasteiger partial charge in [-0.25, -0.2) is 0 Å². The summed E-state index contributed by atoms with van der Waals surface area (Å²) in [5, 5.41) is 1.18. The van der Waals surface area contributed by atoms with E-state index in [0.29, 0.717) is 0 Å². The van der Waals surface area contributed by atoms with Crippen LogP contribution in [-0.4, -0.2) is 4.98 Å². The molecule has 2 nitrogen and oxygen atoms in total. The number of unbranched alkanes of at least 4 members (excludes halogenated alkanes) is 5. The van der Waals surface area contributed by atoms with E-state index in [4.69, 9.17) is 5.73 Å². The van der Waals surface area contributed by atoms with Crippen LogP contribution in [0.4, 0.5) is 0 Å². The van der Waals surface area contributed by atoms with Gasteiger partial charge in [0, 0.05) is 17.6 Å². The molecule has 0 aliphatic heterocycles. The average molecular weight is 270 g/mol. The number of benzene rings is 1. The monoisotopic (exact) mass is 270 g/mol. The molecule has 0 spiro atoms. The predicted octanol–water partition coefficient (Wildman–Crippen LogP) is 4.99. The largest absolute Gasteiger partial charge is 0.324 e. The van der Waals surface area contributed by atoms with Crippen LogP contribution in [0, 0.1) is 0 Å². The van der Waals surface area contributed by atoms with E-state index >= 15 is 0 Å². The summed E-state index contributed by atoms with van der Waals surface area (Å²) in [4.78, 5) is 4.40. The molecule has 0 radical (unpaired) electrons. The lowest BCUT2D eigenvalue weighted by Crippen LogP contribution is -2.10. The molecule has 1 atom stereocenters. The zero-order valence-electron chi connectivity index (χ0n) is 12.5. The van der Waals surface area contributed by atoms with E-state index in [1.165, 1.54) is 49.5 Å². The van der Waals surface area contributed by atoms with Gasteiger partial charge >= 0.3 is 0 Å². The second-order valence-electron chi connectivity index (χ2n) is 5.62. The predicted molar refractivity (Wildman–Crippen MR) is 86.7 cm³/mol. The third kappa shape index (κ3) is 4.31. The van der Waals surface area contributed by atoms with E-state index in [9.17, 15) is 0 Å². The third-order valence-corrected chi connectivity index (χ3v) is 3.93. The molecule has 0 saturated heterocycles. The highest BCUT2D eigenvalue weighted by Crippen LogP contribution is 2.21. The maximum atomic E-state index is 6.30. The Morgan fingerprint density at radius 1 is 1.05 bits per heavy atom. The minimum atomic E-state index is 0.146. The summed E-state index contributed by atoms with van der Waals surface area (Å²) in [6.07, 6.45) is 10.8. The van der Waals surface area contributed by atoms with Crippen molar-refractivity contribution in [1.29, 1.82) is 0 Å². The SMILES string of the molecule is CCCCCCCCC(N)c1ccc2cccnc2c1. The molecule has 1 heterocycles. The zero-order chi connectivity index (χ0) is 14.2. The Labute approximate surface area is 122 Å². The molecule has 20 heavy (non-hydrogen) atoms. The van der Waals surface area contributed by atoms with Crippen LogP contribution < -0.4 is 5.73 Å². The van der Waals surface area contributed by atoms with Gasteiger partial charge in [0.2, 0.25) is 0 Å². The van der Waals surface area contributed by atoms with Gasteiger partial charge in [-0.1, -0.05) is 63.6 Å². The Morgan fingerprint density at radius 3 is 2.70 bits per heavy atom. The summed E-state index contributed by atoms with van der Waals surface area (Å²) < 4.78 is 0. The van der Waals surface area contributed by atoms with Gasteiger partial charge < -0.3 is 5.73 Å². The second kappa shape index (κ2) is 8.01. The number of rotatable bonds is 8. The van der Waals surface area contributed by atoms with Gasteiger partial charge in [0.05, 0.1) is 5.52 Å². The highest BCUT2D eigenvalue weighted by Gasteiger charge is 2.06. The van der Waals surface area contributed by atoms with E-state index in [2.05, 4.69) is 36.2 Å². The molecular weight excluding hydrogens is 244 g/mol. The number of nitrogens with zero attached hydrogens (tertiary/aromatic N) is 1. The average Bonchev–Trinajstić information content (AvgIpc) is 2.50. The lowest BCUT2D eigenvalue weighted by atomic mass is 9.99. The lowest BCUT2D eigenvalue weighted by Gasteiger charge is -2.12. The van der Waals surface area contributed by atoms with E-state index in [0.717, 1.165) is 11.9 Å². The number of pyridine rings is 1. The number of hydrogen-bond acceptors (Lipinski definition) is 2. The van der Waals surface area contributed by atoms with Crippen LogP contribution in [0.5, 0.6) is 0 Å². The zero-order valence-corrected chi connectivity index (χ0v) is 12.5. The molecule has 2 rings (SSSR count). The van der Waals surface area contributed by atoms with Crippen molar-refractivity contribution in [3.05, 3.63) is 42.1 Å². The molecule has 0 amide bonds. The first-order valence-electron chi connectivity index (χ1n) is 7.91. The maximum Gasteiger partial charge on any atom is 0.0705 e. The molecule has 0 aliphatic rings. The summed E-state index contributed by atoms with van der Waals surface area (Å²) >= 11 is 0. The lowest BCUT2D eigenvalue weighted by molar-refractivity contribution is 0.547. The van der Waals surface area contributed by atoms with Crippen molar-refractivity contribution in [2.45, 2.75) is 57.9 Å². The van der Waals surface area contributed by atoms with Crippen LogP contribution in [0.2, 0.25) is 0 Å². The van der Waals surface area contributed by atoms with Crippen LogP contribution in [0.15, 0.2) is 36.5 Å². The Morgan fingerprint density at radius 2 is 1.85 bits per heavy atom. The van der Waals surface area contributed by atoms with Crippen molar-refractivity contribution in [1.82, 2.24) is 4.98 Å². The maximum absolute atomic E-state index is 6.30. The Hall–Kier alpha value is -1.41. The molecule has 0 fully saturated rings. The van der Waals surface area contributed by atoms with Gasteiger partial charge in [-0.3, -0.25) is 4.98 Å². The van der Waals surface area contributed by atoms with Gasteiger partial charge in [-0.15, -0.1) is 0 Å². The fourth-order valence-corrected chi connectivity index (χ4v) is 2.63. The van der Waals surface area contributed by atoms with Gasteiger partial charge in [0.1, 0.15) is 0 Å². The first-order valence-corrected chi connectivity index (χ1v) is 7.91. The van der Waals surface area contributed by atoms with Crippen molar-refractivity contribution < 1.29 is 0 Å². The summed E-state index contributed by atoms with van der Waals surface area (Å²) in [7, 11) is 0. The fourth-order valence-electron chi connectivity index (χ4n) is 2.63. The quantitative estimate of drug-likeness (QED) is 0.687. The van der Waals surface area contributed by atoms with Crippen LogP contribution >= 0.6 is 0 Å². The number of nitrogens with two attached hydrogens (primary N) is 1. The number of hydrogen-bond donors (Lipinski definition) is 1. The number of fused-ring (bicyclic) bond motifs is 1. The van der Waals surface area contributed by atoms with Crippen molar-refractivity contribution >= 4 is 10.9 Å². The summed E-state index contributed by atoms with van der Waals surface area (Å²) in [6.45, 7) is 2.25. The van der Waals surface area contributed by atoms with E-state index < -0.39 is 0 Å². The van der Waals surface area contributed by atoms with Crippen LogP contribution in [0.3, 0.4) is 0 Å².